The first-order valence-electron chi connectivity index (χ1n) is 0.667. The molecule has 0 spiro atoms. The molecule has 0 saturated heterocycles. The van der Waals surface area contributed by atoms with Crippen molar-refractivity contribution in [2.75, 3.05) is 0 Å². The summed E-state index contributed by atoms with van der Waals surface area (Å²) in [5, 5.41) is 0. The minimum Gasteiger partial charge on any atom is -0.759 e. The highest BCUT2D eigenvalue weighted by atomic mass is 127. The topological polar surface area (TPSA) is 80.3 Å². The zero-order valence-electron chi connectivity index (χ0n) is 2.94. The standard InChI is InChI=1S/2H2I.H2O4S/c;;1-5(2,3)4/h2*1H2;(H2,1,2,3,4)/q2*+1;/p-2. The van der Waals surface area contributed by atoms with Gasteiger partial charge in [0.2, 0.25) is 48.0 Å². The molecule has 0 heterocycles. The van der Waals surface area contributed by atoms with Gasteiger partial charge in [0.05, 0.1) is 0 Å². The van der Waals surface area contributed by atoms with Gasteiger partial charge in [-0.05, 0) is 0 Å². The van der Waals surface area contributed by atoms with Crippen LogP contribution < -0.4 is 48.0 Å². The molecule has 0 aliphatic rings. The molecule has 0 aliphatic carbocycles. The van der Waals surface area contributed by atoms with Gasteiger partial charge in [0, 0.05) is 10.4 Å². The molecule has 0 aromatic carbocycles. The van der Waals surface area contributed by atoms with Crippen LogP contribution in [0.15, 0.2) is 0 Å². The normalized spacial score (nSPS) is 8.29. The molecule has 7 heavy (non-hydrogen) atoms. The Morgan fingerprint density at radius 3 is 1.00 bits per heavy atom. The molecular weight excluding hydrogens is 350 g/mol. The van der Waals surface area contributed by atoms with E-state index in [-0.39, 0.29) is 48.0 Å². The lowest BCUT2D eigenvalue weighted by Crippen LogP contribution is -3.00. The van der Waals surface area contributed by atoms with Gasteiger partial charge < -0.3 is 9.11 Å². The minimum atomic E-state index is -5.17. The fourth-order valence-electron chi connectivity index (χ4n) is 0. The van der Waals surface area contributed by atoms with E-state index in [0.717, 1.165) is 0 Å². The van der Waals surface area contributed by atoms with Gasteiger partial charge in [-0.25, -0.2) is 0 Å². The van der Waals surface area contributed by atoms with Crippen LogP contribution in [0.25, 0.3) is 0 Å². The van der Waals surface area contributed by atoms with Crippen molar-refractivity contribution < 1.29 is 65.5 Å². The third kappa shape index (κ3) is 118. The predicted molar refractivity (Wildman–Crippen MR) is 16.1 cm³/mol. The maximum absolute atomic E-state index is 8.52. The van der Waals surface area contributed by atoms with Crippen LogP contribution in [-0.4, -0.2) is 17.5 Å². The zero-order valence-corrected chi connectivity index (χ0v) is 8.86. The van der Waals surface area contributed by atoms with Gasteiger partial charge >= 0.3 is 0 Å². The van der Waals surface area contributed by atoms with Crippen molar-refractivity contribution in [2.24, 2.45) is 0 Å². The van der Waals surface area contributed by atoms with Gasteiger partial charge in [0.25, 0.3) is 0 Å². The van der Waals surface area contributed by atoms with Gasteiger partial charge in [0.15, 0.2) is 0 Å². The fraction of sp³-hybridized carbons (Fsp3) is 0. The molecule has 0 amide bonds. The lowest BCUT2D eigenvalue weighted by molar-refractivity contribution is -0.00100. The molecule has 0 aromatic rings. The monoisotopic (exact) mass is 354 g/mol. The van der Waals surface area contributed by atoms with E-state index in [1.165, 1.54) is 0 Å². The summed E-state index contributed by atoms with van der Waals surface area (Å²) in [4.78, 5) is 0. The minimum absolute atomic E-state index is 0. The average molecular weight is 354 g/mol. The molecule has 0 aromatic heterocycles. The number of rotatable bonds is 0. The van der Waals surface area contributed by atoms with Gasteiger partial charge in [0.1, 0.15) is 0 Å². The van der Waals surface area contributed by atoms with E-state index in [9.17, 15) is 0 Å². The summed E-state index contributed by atoms with van der Waals surface area (Å²) >= 11 is 0. The molecule has 0 bridgehead atoms. The van der Waals surface area contributed by atoms with Crippen LogP contribution >= 0.6 is 0 Å². The highest BCUT2D eigenvalue weighted by Crippen LogP contribution is 1.57. The zero-order chi connectivity index (χ0) is 4.50. The lowest BCUT2D eigenvalue weighted by Gasteiger charge is -2.06. The first kappa shape index (κ1) is 15.8. The van der Waals surface area contributed by atoms with Gasteiger partial charge in [-0.15, -0.1) is 0 Å². The molecule has 0 atom stereocenters. The highest BCUT2D eigenvalue weighted by molar-refractivity contribution is 7.79. The quantitative estimate of drug-likeness (QED) is 0.246. The van der Waals surface area contributed by atoms with E-state index in [1.807, 2.05) is 0 Å². The molecule has 0 unspecified atom stereocenters. The fourth-order valence-corrected chi connectivity index (χ4v) is 0. The number of hydrogen-bond donors (Lipinski definition) is 0. The molecule has 0 saturated carbocycles. The summed E-state index contributed by atoms with van der Waals surface area (Å²) in [6.45, 7) is 0. The summed E-state index contributed by atoms with van der Waals surface area (Å²) in [6, 6.07) is 0. The Bertz CT molecular complexity index is 92.9. The molecule has 0 aliphatic heterocycles. The summed E-state index contributed by atoms with van der Waals surface area (Å²) < 4.78 is 34.1. The predicted octanol–water partition coefficient (Wildman–Crippen LogP) is -8.40. The summed E-state index contributed by atoms with van der Waals surface area (Å²) in [7, 11) is -5.17. The second kappa shape index (κ2) is 5.47. The molecule has 0 fully saturated rings. The van der Waals surface area contributed by atoms with Crippen LogP contribution in [0.5, 0.6) is 0 Å². The summed E-state index contributed by atoms with van der Waals surface area (Å²) in [5.41, 5.74) is 0. The van der Waals surface area contributed by atoms with E-state index < -0.39 is 10.4 Å². The second-order valence-electron chi connectivity index (χ2n) is 0.408. The van der Waals surface area contributed by atoms with Crippen LogP contribution in [0.4, 0.5) is 0 Å². The third-order valence-corrected chi connectivity index (χ3v) is 0. The first-order valence-corrected chi connectivity index (χ1v) is 2.00. The van der Waals surface area contributed by atoms with Crippen molar-refractivity contribution in [3.63, 3.8) is 0 Å². The van der Waals surface area contributed by atoms with Gasteiger partial charge in [-0.2, -0.15) is 0 Å². The highest BCUT2D eigenvalue weighted by Gasteiger charge is 1.49. The Morgan fingerprint density at radius 2 is 1.00 bits per heavy atom. The Labute approximate surface area is 75.3 Å². The molecule has 7 heteroatoms. The Morgan fingerprint density at radius 1 is 1.00 bits per heavy atom. The van der Waals surface area contributed by atoms with Crippen LogP contribution in [0.2, 0.25) is 0 Å². The van der Waals surface area contributed by atoms with Crippen LogP contribution in [0.1, 0.15) is 0 Å². The lowest BCUT2D eigenvalue weighted by atomic mass is 15.8. The van der Waals surface area contributed by atoms with Crippen LogP contribution in [-0.2, 0) is 10.4 Å². The SMILES string of the molecule is O=S(=O)([O-])[O-].[IH2+].[IH2+]. The van der Waals surface area contributed by atoms with E-state index >= 15 is 0 Å². The van der Waals surface area contributed by atoms with Crippen molar-refractivity contribution in [1.29, 1.82) is 0 Å². The van der Waals surface area contributed by atoms with Crippen molar-refractivity contribution >= 4 is 10.4 Å². The van der Waals surface area contributed by atoms with Crippen molar-refractivity contribution in [2.45, 2.75) is 0 Å². The van der Waals surface area contributed by atoms with E-state index in [1.54, 1.807) is 0 Å². The van der Waals surface area contributed by atoms with Crippen LogP contribution in [0.3, 0.4) is 0 Å². The van der Waals surface area contributed by atoms with Crippen molar-refractivity contribution in [3.05, 3.63) is 0 Å². The number of hydrogen-bond acceptors (Lipinski definition) is 4. The Balaban J connectivity index is -0.0000000800. The van der Waals surface area contributed by atoms with Crippen molar-refractivity contribution in [1.82, 2.24) is 0 Å². The Hall–Kier alpha value is 1.33. The maximum Gasteiger partial charge on any atom is 0.235 e. The van der Waals surface area contributed by atoms with Crippen LogP contribution in [0, 0.1) is 0 Å². The molecule has 4 nitrogen and oxygen atoms in total. The van der Waals surface area contributed by atoms with E-state index in [0.29, 0.717) is 0 Å². The number of halogens is 2. The van der Waals surface area contributed by atoms with Crippen molar-refractivity contribution in [3.8, 4) is 0 Å². The van der Waals surface area contributed by atoms with Gasteiger partial charge in [-0.1, -0.05) is 0 Å². The average Bonchev–Trinajstić information content (AvgIpc) is 0.722. The smallest absolute Gasteiger partial charge is 0.235 e. The third-order valence-electron chi connectivity index (χ3n) is 0. The molecular formula is H4I2O4S. The summed E-state index contributed by atoms with van der Waals surface area (Å²) in [6.07, 6.45) is 0. The first-order chi connectivity index (χ1) is 2.00. The maximum atomic E-state index is 8.52. The second-order valence-corrected chi connectivity index (χ2v) is 1.22. The Kier molecular flexibility index (Phi) is 12.3. The van der Waals surface area contributed by atoms with E-state index in [2.05, 4.69) is 0 Å². The van der Waals surface area contributed by atoms with E-state index in [4.69, 9.17) is 17.5 Å². The summed E-state index contributed by atoms with van der Waals surface area (Å²) in [5.74, 6) is 0. The van der Waals surface area contributed by atoms with Gasteiger partial charge in [-0.3, -0.25) is 8.42 Å². The molecule has 0 rings (SSSR count). The largest absolute Gasteiger partial charge is 0.759 e. The molecule has 0 N–H and O–H groups in total. The molecule has 48 valence electrons. The molecule has 0 radical (unpaired) electrons.